The van der Waals surface area contributed by atoms with Gasteiger partial charge in [0.25, 0.3) is 5.91 Å². The number of rotatable bonds is 4. The van der Waals surface area contributed by atoms with Crippen LogP contribution in [-0.2, 0) is 37.3 Å². The van der Waals surface area contributed by atoms with Crippen molar-refractivity contribution in [1.82, 2.24) is 25.2 Å². The molecule has 43 heavy (non-hydrogen) atoms. The van der Waals surface area contributed by atoms with E-state index >= 15 is 0 Å². The molecular weight excluding hydrogens is 574 g/mol. The predicted octanol–water partition coefficient (Wildman–Crippen LogP) is 1.95. The second-order valence-electron chi connectivity index (χ2n) is 12.3. The number of benzene rings is 1. The number of carbonyl (C=O) groups excluding carboxylic acids is 4. The minimum absolute atomic E-state index is 0.0265. The molecule has 0 radical (unpaired) electrons. The van der Waals surface area contributed by atoms with Gasteiger partial charge in [0.2, 0.25) is 15.9 Å². The maximum atomic E-state index is 13.8. The number of hydrogen-bond donors (Lipinski definition) is 3. The van der Waals surface area contributed by atoms with Gasteiger partial charge in [-0.15, -0.1) is 0 Å². The molecule has 3 N–H and O–H groups in total. The molecule has 2 saturated carbocycles. The molecule has 3 heterocycles. The first-order chi connectivity index (χ1) is 20.7. The molecule has 12 nitrogen and oxygen atoms in total. The van der Waals surface area contributed by atoms with E-state index in [4.69, 9.17) is 4.74 Å². The molecule has 5 aliphatic rings. The van der Waals surface area contributed by atoms with Crippen LogP contribution in [0.3, 0.4) is 0 Å². The average Bonchev–Trinajstić information content (AvgIpc) is 3.91. The van der Waals surface area contributed by atoms with Crippen molar-refractivity contribution in [2.75, 3.05) is 19.6 Å². The molecule has 1 saturated heterocycles. The molecule has 6 rings (SSSR count). The van der Waals surface area contributed by atoms with Crippen molar-refractivity contribution in [3.63, 3.8) is 0 Å². The van der Waals surface area contributed by atoms with Crippen LogP contribution in [0.15, 0.2) is 36.4 Å². The number of hydrogen-bond acceptors (Lipinski definition) is 7. The number of amides is 5. The minimum atomic E-state index is -3.82. The van der Waals surface area contributed by atoms with Crippen LogP contribution in [0.25, 0.3) is 0 Å². The summed E-state index contributed by atoms with van der Waals surface area (Å²) in [6.45, 7) is 1.40. The van der Waals surface area contributed by atoms with E-state index in [9.17, 15) is 27.6 Å². The van der Waals surface area contributed by atoms with E-state index < -0.39 is 56.9 Å². The van der Waals surface area contributed by atoms with Gasteiger partial charge in [-0.2, -0.15) is 0 Å². The fraction of sp³-hybridized carbons (Fsp3) is 0.600. The number of ether oxygens (including phenoxy) is 1. The van der Waals surface area contributed by atoms with Crippen molar-refractivity contribution in [2.45, 2.75) is 87.3 Å². The molecule has 3 aliphatic heterocycles. The second-order valence-corrected chi connectivity index (χ2v) is 14.3. The molecule has 0 spiro atoms. The molecule has 13 heteroatoms. The van der Waals surface area contributed by atoms with Gasteiger partial charge in [0.15, 0.2) is 0 Å². The summed E-state index contributed by atoms with van der Waals surface area (Å²) in [6.07, 6.45) is 7.99. The second kappa shape index (κ2) is 11.8. The third kappa shape index (κ3) is 6.36. The normalized spacial score (nSPS) is 30.3. The van der Waals surface area contributed by atoms with E-state index in [1.165, 1.54) is 10.5 Å². The summed E-state index contributed by atoms with van der Waals surface area (Å²) in [5, 5.41) is 5.11. The van der Waals surface area contributed by atoms with Crippen LogP contribution in [0, 0.1) is 5.92 Å². The molecule has 4 atom stereocenters. The minimum Gasteiger partial charge on any atom is -0.444 e. The number of urea groups is 1. The summed E-state index contributed by atoms with van der Waals surface area (Å²) in [4.78, 5) is 56.5. The van der Waals surface area contributed by atoms with Crippen LogP contribution >= 0.6 is 0 Å². The lowest BCUT2D eigenvalue weighted by Crippen LogP contribution is -2.57. The summed E-state index contributed by atoms with van der Waals surface area (Å²) in [6, 6.07) is 6.49. The zero-order chi connectivity index (χ0) is 30.2. The molecule has 3 fully saturated rings. The zero-order valence-electron chi connectivity index (χ0n) is 24.1. The fourth-order valence-electron chi connectivity index (χ4n) is 6.31. The number of nitrogens with one attached hydrogen (secondary N) is 3. The lowest BCUT2D eigenvalue weighted by molar-refractivity contribution is -0.131. The Kier molecular flexibility index (Phi) is 8.10. The Bertz CT molecular complexity index is 1430. The Labute approximate surface area is 251 Å². The average molecular weight is 614 g/mol. The van der Waals surface area contributed by atoms with Gasteiger partial charge in [-0.25, -0.2) is 18.0 Å². The van der Waals surface area contributed by atoms with E-state index in [1.807, 2.05) is 36.4 Å². The summed E-state index contributed by atoms with van der Waals surface area (Å²) in [7, 11) is -3.82. The first kappa shape index (κ1) is 29.5. The third-order valence-electron chi connectivity index (χ3n) is 9.14. The van der Waals surface area contributed by atoms with Crippen molar-refractivity contribution >= 4 is 34.0 Å². The highest BCUT2D eigenvalue weighted by atomic mass is 32.2. The Balaban J connectivity index is 1.18. The largest absolute Gasteiger partial charge is 0.444 e. The van der Waals surface area contributed by atoms with Crippen LogP contribution in [0.5, 0.6) is 0 Å². The smallest absolute Gasteiger partial charge is 0.410 e. The van der Waals surface area contributed by atoms with Crippen molar-refractivity contribution in [3.8, 4) is 0 Å². The lowest BCUT2D eigenvalue weighted by atomic mass is 10.0. The number of nitrogens with zero attached hydrogens (tertiary/aromatic N) is 2. The summed E-state index contributed by atoms with van der Waals surface area (Å²) in [5.74, 6) is -1.70. The topological polar surface area (TPSA) is 154 Å². The van der Waals surface area contributed by atoms with Gasteiger partial charge in [-0.05, 0) is 56.1 Å². The van der Waals surface area contributed by atoms with Crippen molar-refractivity contribution in [3.05, 3.63) is 47.5 Å². The number of carbonyl (C=O) groups is 4. The van der Waals surface area contributed by atoms with Gasteiger partial charge in [0.05, 0.1) is 11.8 Å². The quantitative estimate of drug-likeness (QED) is 0.439. The van der Waals surface area contributed by atoms with Gasteiger partial charge >= 0.3 is 12.1 Å². The first-order valence-electron chi connectivity index (χ1n) is 15.3. The van der Waals surface area contributed by atoms with Crippen LogP contribution in [0.4, 0.5) is 9.59 Å². The Morgan fingerprint density at radius 2 is 1.86 bits per heavy atom. The molecule has 5 amide bonds. The van der Waals surface area contributed by atoms with Crippen molar-refractivity contribution in [1.29, 1.82) is 0 Å². The van der Waals surface area contributed by atoms with Crippen LogP contribution in [-0.4, -0.2) is 84.7 Å². The Morgan fingerprint density at radius 1 is 1.07 bits per heavy atom. The zero-order valence-corrected chi connectivity index (χ0v) is 24.9. The number of fused-ring (bicyclic) bond motifs is 3. The first-order valence-corrected chi connectivity index (χ1v) is 16.8. The highest BCUT2D eigenvalue weighted by Crippen LogP contribution is 2.46. The van der Waals surface area contributed by atoms with Gasteiger partial charge in [-0.1, -0.05) is 42.8 Å². The monoisotopic (exact) mass is 613 g/mol. The van der Waals surface area contributed by atoms with Crippen LogP contribution < -0.4 is 15.4 Å². The van der Waals surface area contributed by atoms with E-state index in [0.29, 0.717) is 38.9 Å². The van der Waals surface area contributed by atoms with E-state index in [0.717, 1.165) is 31.2 Å². The van der Waals surface area contributed by atoms with E-state index in [-0.39, 0.29) is 25.3 Å². The van der Waals surface area contributed by atoms with E-state index in [1.54, 1.807) is 4.90 Å². The molecule has 0 bridgehead atoms. The van der Waals surface area contributed by atoms with Crippen LogP contribution in [0.2, 0.25) is 0 Å². The molecule has 232 valence electrons. The Morgan fingerprint density at radius 3 is 2.65 bits per heavy atom. The van der Waals surface area contributed by atoms with Gasteiger partial charge in [-0.3, -0.25) is 14.3 Å². The van der Waals surface area contributed by atoms with Crippen molar-refractivity contribution < 1.29 is 32.3 Å². The summed E-state index contributed by atoms with van der Waals surface area (Å²) >= 11 is 0. The maximum Gasteiger partial charge on any atom is 0.410 e. The maximum absolute atomic E-state index is 13.8. The summed E-state index contributed by atoms with van der Waals surface area (Å²) in [5.41, 5.74) is 0.833. The molecule has 1 aromatic rings. The standard InChI is InChI=1S/C30H39N5O7S/c36-26-25-16-23(42-29(39)34-15-13-20-8-5-6-9-21(20)18-34)19-35(25)28(38)31-14-7-3-1-2-4-10-22-17-30(22,32-26)27(37)33-43(40,41)24-11-12-24/h4-6,8-10,22-25H,1-3,7,11-19H2,(H,31,38)(H,32,36)(H,33,37)/b10-4-/t22-,23-,25+,30-/m1/s1. The highest BCUT2D eigenvalue weighted by Gasteiger charge is 2.62. The predicted molar refractivity (Wildman–Crippen MR) is 156 cm³/mol. The molecule has 0 aromatic heterocycles. The van der Waals surface area contributed by atoms with Crippen molar-refractivity contribution in [2.24, 2.45) is 5.92 Å². The van der Waals surface area contributed by atoms with Gasteiger partial charge < -0.3 is 25.2 Å². The highest BCUT2D eigenvalue weighted by molar-refractivity contribution is 7.91. The number of allylic oxidation sites excluding steroid dienone is 1. The summed E-state index contributed by atoms with van der Waals surface area (Å²) < 4.78 is 33.2. The van der Waals surface area contributed by atoms with Gasteiger partial charge in [0.1, 0.15) is 17.7 Å². The molecule has 2 aliphatic carbocycles. The molecule has 1 aromatic carbocycles. The van der Waals surface area contributed by atoms with E-state index in [2.05, 4.69) is 15.4 Å². The third-order valence-corrected chi connectivity index (χ3v) is 11.0. The SMILES string of the molecule is O=C1N[C@]2(C(=O)NS(=O)(=O)C3CC3)C[C@H]2/C=C\CCCCCNC(=O)N2C[C@H](OC(=O)N3CCc4ccccc4C3)C[C@@H]12. The lowest BCUT2D eigenvalue weighted by Gasteiger charge is -2.29. The molecule has 0 unspecified atom stereocenters. The number of sulfonamides is 1. The van der Waals surface area contributed by atoms with Gasteiger partial charge in [0, 0.05) is 32.0 Å². The fourth-order valence-corrected chi connectivity index (χ4v) is 7.68. The van der Waals surface area contributed by atoms with Crippen LogP contribution in [0.1, 0.15) is 62.5 Å². The molecular formula is C30H39N5O7S. The Hall–Kier alpha value is -3.61.